The minimum atomic E-state index is -1.01. The number of hydrogen-bond acceptors (Lipinski definition) is 8. The first-order valence-electron chi connectivity index (χ1n) is 11.7. The average Bonchev–Trinajstić information content (AvgIpc) is 3.41. The van der Waals surface area contributed by atoms with Crippen molar-refractivity contribution in [3.63, 3.8) is 0 Å². The van der Waals surface area contributed by atoms with Crippen molar-refractivity contribution in [1.29, 1.82) is 0 Å². The summed E-state index contributed by atoms with van der Waals surface area (Å²) in [6.07, 6.45) is 3.80. The molecular weight excluding hydrogens is 462 g/mol. The number of aromatic nitrogens is 4. The molecule has 2 aromatic heterocycles. The summed E-state index contributed by atoms with van der Waals surface area (Å²) in [6, 6.07) is 9.83. The van der Waals surface area contributed by atoms with E-state index >= 15 is 0 Å². The van der Waals surface area contributed by atoms with Gasteiger partial charge in [-0.05, 0) is 30.7 Å². The number of nitrogens with one attached hydrogen (secondary N) is 1. The van der Waals surface area contributed by atoms with Crippen LogP contribution in [0.2, 0.25) is 0 Å². The second-order valence-corrected chi connectivity index (χ2v) is 9.09. The van der Waals surface area contributed by atoms with Crippen molar-refractivity contribution < 1.29 is 19.2 Å². The van der Waals surface area contributed by atoms with Crippen LogP contribution >= 0.6 is 0 Å². The van der Waals surface area contributed by atoms with E-state index in [0.29, 0.717) is 24.5 Å². The summed E-state index contributed by atoms with van der Waals surface area (Å²) in [6.45, 7) is 3.04. The fourth-order valence-corrected chi connectivity index (χ4v) is 4.69. The summed E-state index contributed by atoms with van der Waals surface area (Å²) in [5.74, 6) is -1.96. The molecule has 2 aliphatic rings. The Morgan fingerprint density at radius 1 is 1.11 bits per heavy atom. The first-order chi connectivity index (χ1) is 17.3. The molecule has 11 nitrogen and oxygen atoms in total. The number of benzene rings is 1. The molecule has 2 atom stereocenters. The lowest BCUT2D eigenvalue weighted by molar-refractivity contribution is -0.136. The Kier molecular flexibility index (Phi) is 6.05. The second-order valence-electron chi connectivity index (χ2n) is 9.09. The van der Waals surface area contributed by atoms with Gasteiger partial charge in [0.15, 0.2) is 0 Å². The van der Waals surface area contributed by atoms with E-state index < -0.39 is 29.7 Å². The van der Waals surface area contributed by atoms with Crippen LogP contribution in [0, 0.1) is 0 Å². The number of pyridine rings is 1. The Bertz CT molecular complexity index is 1350. The van der Waals surface area contributed by atoms with E-state index in [-0.39, 0.29) is 29.9 Å². The summed E-state index contributed by atoms with van der Waals surface area (Å²) in [5, 5.41) is 10.7. The zero-order valence-electron chi connectivity index (χ0n) is 19.9. The van der Waals surface area contributed by atoms with Gasteiger partial charge >= 0.3 is 0 Å². The highest BCUT2D eigenvalue weighted by molar-refractivity contribution is 6.25. The smallest absolute Gasteiger partial charge is 0.264 e. The highest BCUT2D eigenvalue weighted by atomic mass is 16.2. The van der Waals surface area contributed by atoms with Crippen molar-refractivity contribution in [2.24, 2.45) is 0 Å². The van der Waals surface area contributed by atoms with Gasteiger partial charge in [0.25, 0.3) is 11.8 Å². The molecule has 4 amide bonds. The van der Waals surface area contributed by atoms with Gasteiger partial charge in [0, 0.05) is 31.3 Å². The van der Waals surface area contributed by atoms with Crippen molar-refractivity contribution in [1.82, 2.24) is 30.2 Å². The van der Waals surface area contributed by atoms with E-state index in [9.17, 15) is 19.2 Å². The number of nitrogens with zero attached hydrogens (tertiary/aromatic N) is 6. The molecule has 2 aliphatic heterocycles. The highest BCUT2D eigenvalue weighted by Crippen LogP contribution is 2.34. The highest BCUT2D eigenvalue weighted by Gasteiger charge is 2.45. The van der Waals surface area contributed by atoms with Crippen LogP contribution in [0.25, 0.3) is 0 Å². The van der Waals surface area contributed by atoms with Crippen molar-refractivity contribution in [2.75, 3.05) is 11.9 Å². The molecule has 1 N–H and O–H groups in total. The molecule has 5 rings (SSSR count). The standard InChI is InChI=1S/C25H25N7O4/c1-15(18-7-3-4-11-26-18)12-31-14-16(28-29-31)13-30(2)19-8-5-6-17-22(19)25(36)32(24(17)35)20-9-10-21(33)27-23(20)34/h3-8,11,14-15,20H,9-10,12-13H2,1-2H3,(H,27,33,34). The normalized spacial score (nSPS) is 18.3. The molecule has 0 radical (unpaired) electrons. The van der Waals surface area contributed by atoms with Crippen LogP contribution in [0.3, 0.4) is 0 Å². The van der Waals surface area contributed by atoms with Gasteiger partial charge in [-0.25, -0.2) is 0 Å². The lowest BCUT2D eigenvalue weighted by Crippen LogP contribution is -2.54. The number of rotatable bonds is 7. The van der Waals surface area contributed by atoms with Gasteiger partial charge in [-0.2, -0.15) is 0 Å². The Labute approximate surface area is 207 Å². The number of fused-ring (bicyclic) bond motifs is 1. The molecular formula is C25H25N7O4. The zero-order chi connectivity index (χ0) is 25.4. The van der Waals surface area contributed by atoms with Gasteiger partial charge in [0.2, 0.25) is 11.8 Å². The number of amides is 4. The molecule has 0 aliphatic carbocycles. The monoisotopic (exact) mass is 487 g/mol. The van der Waals surface area contributed by atoms with E-state index in [1.807, 2.05) is 29.3 Å². The van der Waals surface area contributed by atoms with Gasteiger partial charge in [0.1, 0.15) is 11.7 Å². The summed E-state index contributed by atoms with van der Waals surface area (Å²) in [4.78, 5) is 57.5. The van der Waals surface area contributed by atoms with Crippen LogP contribution in [0.4, 0.5) is 5.69 Å². The molecule has 36 heavy (non-hydrogen) atoms. The molecule has 0 bridgehead atoms. The number of hydrogen-bond donors (Lipinski definition) is 1. The van der Waals surface area contributed by atoms with Crippen LogP contribution < -0.4 is 10.2 Å². The Balaban J connectivity index is 1.33. The van der Waals surface area contributed by atoms with E-state index in [2.05, 4.69) is 27.5 Å². The van der Waals surface area contributed by atoms with Crippen LogP contribution in [-0.4, -0.2) is 61.6 Å². The molecule has 1 aromatic carbocycles. The topological polar surface area (TPSA) is 130 Å². The van der Waals surface area contributed by atoms with E-state index in [1.54, 1.807) is 36.1 Å². The van der Waals surface area contributed by atoms with Gasteiger partial charge < -0.3 is 4.90 Å². The number of carbonyl (C=O) groups excluding carboxylic acids is 4. The fourth-order valence-electron chi connectivity index (χ4n) is 4.69. The Hall–Kier alpha value is -4.41. The molecule has 4 heterocycles. The molecule has 0 saturated carbocycles. The van der Waals surface area contributed by atoms with E-state index in [1.165, 1.54) is 0 Å². The largest absolute Gasteiger partial charge is 0.368 e. The quantitative estimate of drug-likeness (QED) is 0.497. The Morgan fingerprint density at radius 2 is 1.94 bits per heavy atom. The number of imide groups is 2. The second kappa shape index (κ2) is 9.33. The van der Waals surface area contributed by atoms with Crippen LogP contribution in [0.1, 0.15) is 57.8 Å². The fraction of sp³-hybridized carbons (Fsp3) is 0.320. The summed E-state index contributed by atoms with van der Waals surface area (Å²) in [7, 11) is 1.80. The van der Waals surface area contributed by atoms with Crippen LogP contribution in [0.5, 0.6) is 0 Å². The molecule has 1 fully saturated rings. The zero-order valence-corrected chi connectivity index (χ0v) is 19.9. The maximum Gasteiger partial charge on any atom is 0.264 e. The average molecular weight is 488 g/mol. The SMILES string of the molecule is CC(Cn1cc(CN(C)c2cccc3c2C(=O)N(C2CCC(=O)NC2=O)C3=O)nn1)c1ccccn1. The van der Waals surface area contributed by atoms with Crippen molar-refractivity contribution in [3.8, 4) is 0 Å². The first-order valence-corrected chi connectivity index (χ1v) is 11.7. The molecule has 0 spiro atoms. The third kappa shape index (κ3) is 4.23. The predicted octanol–water partition coefficient (Wildman–Crippen LogP) is 1.51. The lowest BCUT2D eigenvalue weighted by Gasteiger charge is -2.28. The maximum atomic E-state index is 13.3. The maximum absolute atomic E-state index is 13.3. The number of carbonyl (C=O) groups is 4. The first kappa shape index (κ1) is 23.3. The van der Waals surface area contributed by atoms with E-state index in [4.69, 9.17) is 0 Å². The lowest BCUT2D eigenvalue weighted by atomic mass is 10.0. The number of anilines is 1. The molecule has 11 heteroatoms. The minimum Gasteiger partial charge on any atom is -0.368 e. The van der Waals surface area contributed by atoms with Gasteiger partial charge in [-0.15, -0.1) is 5.10 Å². The third-order valence-corrected chi connectivity index (χ3v) is 6.50. The van der Waals surface area contributed by atoms with Gasteiger partial charge in [0.05, 0.1) is 36.1 Å². The third-order valence-electron chi connectivity index (χ3n) is 6.50. The minimum absolute atomic E-state index is 0.0746. The molecule has 184 valence electrons. The van der Waals surface area contributed by atoms with Gasteiger partial charge in [-0.3, -0.25) is 39.1 Å². The Morgan fingerprint density at radius 3 is 2.69 bits per heavy atom. The number of piperidine rings is 1. The van der Waals surface area contributed by atoms with Crippen molar-refractivity contribution in [2.45, 2.75) is 44.8 Å². The summed E-state index contributed by atoms with van der Waals surface area (Å²) in [5.41, 5.74) is 2.70. The van der Waals surface area contributed by atoms with Gasteiger partial charge in [-0.1, -0.05) is 24.3 Å². The summed E-state index contributed by atoms with van der Waals surface area (Å²) < 4.78 is 1.76. The summed E-state index contributed by atoms with van der Waals surface area (Å²) >= 11 is 0. The molecule has 3 aromatic rings. The van der Waals surface area contributed by atoms with Crippen molar-refractivity contribution in [3.05, 3.63) is 71.3 Å². The molecule has 2 unspecified atom stereocenters. The predicted molar refractivity (Wildman–Crippen MR) is 128 cm³/mol. The van der Waals surface area contributed by atoms with Crippen LogP contribution in [-0.2, 0) is 22.7 Å². The van der Waals surface area contributed by atoms with Crippen LogP contribution in [0.15, 0.2) is 48.8 Å². The molecule has 1 saturated heterocycles. The van der Waals surface area contributed by atoms with Crippen molar-refractivity contribution >= 4 is 29.3 Å². The van der Waals surface area contributed by atoms with E-state index in [0.717, 1.165) is 10.6 Å².